The fourth-order valence-electron chi connectivity index (χ4n) is 5.31. The molecule has 38 heavy (non-hydrogen) atoms. The van der Waals surface area contributed by atoms with Gasteiger partial charge in [0.1, 0.15) is 12.1 Å². The summed E-state index contributed by atoms with van der Waals surface area (Å²) in [6.45, 7) is 1.13. The van der Waals surface area contributed by atoms with E-state index in [1.165, 1.54) is 11.3 Å². The van der Waals surface area contributed by atoms with Crippen LogP contribution in [0.5, 0.6) is 0 Å². The number of methoxy groups -OCH3 is 1. The Morgan fingerprint density at radius 2 is 1.79 bits per heavy atom. The van der Waals surface area contributed by atoms with Gasteiger partial charge in [-0.1, -0.05) is 49.6 Å². The normalized spacial score (nSPS) is 19.4. The molecule has 1 aromatic rings. The summed E-state index contributed by atoms with van der Waals surface area (Å²) in [4.78, 5) is 41.0. The zero-order chi connectivity index (χ0) is 27.3. The van der Waals surface area contributed by atoms with E-state index >= 15 is 0 Å². The molecule has 0 radical (unpaired) electrons. The van der Waals surface area contributed by atoms with Crippen molar-refractivity contribution >= 4 is 25.0 Å². The van der Waals surface area contributed by atoms with Crippen LogP contribution >= 0.6 is 0 Å². The maximum Gasteiger partial charge on any atom is 0.475 e. The van der Waals surface area contributed by atoms with Gasteiger partial charge < -0.3 is 35.1 Å². The summed E-state index contributed by atoms with van der Waals surface area (Å²) in [5.41, 5.74) is 0.875. The molecule has 0 unspecified atom stereocenters. The lowest BCUT2D eigenvalue weighted by Crippen LogP contribution is -2.57. The first-order chi connectivity index (χ1) is 18.4. The molecule has 11 heteroatoms. The van der Waals surface area contributed by atoms with Crippen LogP contribution in [0, 0.1) is 5.92 Å². The van der Waals surface area contributed by atoms with Crippen LogP contribution in [-0.2, 0) is 25.5 Å². The first-order valence-corrected chi connectivity index (χ1v) is 13.8. The van der Waals surface area contributed by atoms with Gasteiger partial charge in [-0.3, -0.25) is 9.59 Å². The van der Waals surface area contributed by atoms with E-state index in [4.69, 9.17) is 9.47 Å². The third-order valence-corrected chi connectivity index (χ3v) is 7.44. The fraction of sp³-hybridized carbons (Fsp3) is 0.667. The summed E-state index contributed by atoms with van der Waals surface area (Å²) in [5.74, 6) is -1.32. The monoisotopic (exact) mass is 531 g/mol. The molecule has 0 spiro atoms. The van der Waals surface area contributed by atoms with E-state index in [9.17, 15) is 24.4 Å². The number of nitrogens with one attached hydrogen (secondary N) is 2. The second-order valence-electron chi connectivity index (χ2n) is 10.3. The van der Waals surface area contributed by atoms with Crippen molar-refractivity contribution in [1.82, 2.24) is 15.5 Å². The summed E-state index contributed by atoms with van der Waals surface area (Å²) < 4.78 is 10.5. The molecule has 1 aromatic carbocycles. The van der Waals surface area contributed by atoms with E-state index in [0.29, 0.717) is 51.4 Å². The number of alkyl carbamates (subject to hydrolysis) is 1. The lowest BCUT2D eigenvalue weighted by molar-refractivity contribution is -0.140. The molecule has 2 aliphatic rings. The number of carbonyl (C=O) groups is 3. The van der Waals surface area contributed by atoms with Gasteiger partial charge in [0.05, 0.1) is 12.5 Å². The molecule has 10 nitrogen and oxygen atoms in total. The summed E-state index contributed by atoms with van der Waals surface area (Å²) >= 11 is 0. The first kappa shape index (κ1) is 29.9. The highest BCUT2D eigenvalue weighted by Crippen LogP contribution is 2.24. The van der Waals surface area contributed by atoms with Crippen molar-refractivity contribution in [3.8, 4) is 0 Å². The number of rotatable bonds is 13. The predicted octanol–water partition coefficient (Wildman–Crippen LogP) is 1.82. The quantitative estimate of drug-likeness (QED) is 0.225. The van der Waals surface area contributed by atoms with Crippen LogP contribution in [0.2, 0.25) is 0 Å². The molecule has 0 bridgehead atoms. The highest BCUT2D eigenvalue weighted by Gasteiger charge is 2.39. The van der Waals surface area contributed by atoms with Crippen molar-refractivity contribution in [2.24, 2.45) is 5.92 Å². The number of benzene rings is 1. The van der Waals surface area contributed by atoms with Crippen LogP contribution in [0.3, 0.4) is 0 Å². The minimum atomic E-state index is -1.73. The SMILES string of the molecule is COCCC[C@H](NC(=O)[C@@H]1CCCN1C(=O)[C@@H](Cc1ccccc1)NC(=O)OCC1CCCCC1)B(O)O. The topological polar surface area (TPSA) is 137 Å². The summed E-state index contributed by atoms with van der Waals surface area (Å²) in [6.07, 6.45) is 7.15. The van der Waals surface area contributed by atoms with Crippen LogP contribution in [-0.4, -0.2) is 84.9 Å². The van der Waals surface area contributed by atoms with Gasteiger partial charge in [-0.25, -0.2) is 4.79 Å². The second kappa shape index (κ2) is 15.7. The Morgan fingerprint density at radius 3 is 2.47 bits per heavy atom. The third-order valence-electron chi connectivity index (χ3n) is 7.44. The number of nitrogens with zero attached hydrogens (tertiary/aromatic N) is 1. The lowest BCUT2D eigenvalue weighted by Gasteiger charge is -2.30. The predicted molar refractivity (Wildman–Crippen MR) is 143 cm³/mol. The van der Waals surface area contributed by atoms with E-state index < -0.39 is 37.1 Å². The molecule has 1 saturated carbocycles. The molecular formula is C27H42BN3O7. The van der Waals surface area contributed by atoms with E-state index in [1.54, 1.807) is 7.11 Å². The molecule has 1 aliphatic heterocycles. The number of likely N-dealkylation sites (tertiary alicyclic amines) is 1. The molecule has 4 N–H and O–H groups in total. The zero-order valence-electron chi connectivity index (χ0n) is 22.3. The van der Waals surface area contributed by atoms with Gasteiger partial charge in [0.25, 0.3) is 0 Å². The summed E-state index contributed by atoms with van der Waals surface area (Å²) in [5, 5.41) is 24.9. The van der Waals surface area contributed by atoms with Gasteiger partial charge in [-0.2, -0.15) is 0 Å². The van der Waals surface area contributed by atoms with Gasteiger partial charge in [-0.05, 0) is 50.0 Å². The summed E-state index contributed by atoms with van der Waals surface area (Å²) in [6, 6.07) is 7.73. The maximum atomic E-state index is 13.7. The molecule has 3 atom stereocenters. The molecule has 1 aliphatic carbocycles. The standard InChI is InChI=1S/C27H42BN3O7/c1-37-17-9-15-24(28(35)36)30-25(32)23-14-8-16-31(23)26(33)22(18-20-10-4-2-5-11-20)29-27(34)38-19-21-12-6-3-7-13-21/h2,4-5,10-11,21-24,35-36H,3,6-9,12-19H2,1H3,(H,29,34)(H,30,32)/t22-,23+,24+/m1/s1. The van der Waals surface area contributed by atoms with Gasteiger partial charge in [0.2, 0.25) is 11.8 Å². The Kier molecular flexibility index (Phi) is 12.4. The van der Waals surface area contributed by atoms with E-state index in [2.05, 4.69) is 10.6 Å². The number of hydrogen-bond donors (Lipinski definition) is 4. The molecule has 2 fully saturated rings. The van der Waals surface area contributed by atoms with E-state index in [1.807, 2.05) is 30.3 Å². The highest BCUT2D eigenvalue weighted by atomic mass is 16.5. The molecule has 210 valence electrons. The van der Waals surface area contributed by atoms with Gasteiger partial charge in [-0.15, -0.1) is 0 Å². The average molecular weight is 531 g/mol. The Hall–Kier alpha value is -2.63. The zero-order valence-corrected chi connectivity index (χ0v) is 22.3. The highest BCUT2D eigenvalue weighted by molar-refractivity contribution is 6.43. The maximum absolute atomic E-state index is 13.7. The number of carbonyl (C=O) groups excluding carboxylic acids is 3. The summed E-state index contributed by atoms with van der Waals surface area (Å²) in [7, 11) is -0.177. The minimum absolute atomic E-state index is 0.262. The molecular weight excluding hydrogens is 489 g/mol. The van der Waals surface area contributed by atoms with Gasteiger partial charge in [0.15, 0.2) is 0 Å². The Labute approximate surface area is 225 Å². The van der Waals surface area contributed by atoms with E-state index in [0.717, 1.165) is 31.2 Å². The van der Waals surface area contributed by atoms with Gasteiger partial charge in [0, 0.05) is 26.7 Å². The molecule has 1 saturated heterocycles. The van der Waals surface area contributed by atoms with Crippen molar-refractivity contribution in [2.45, 2.75) is 82.2 Å². The van der Waals surface area contributed by atoms with Crippen molar-refractivity contribution in [1.29, 1.82) is 0 Å². The first-order valence-electron chi connectivity index (χ1n) is 13.8. The average Bonchev–Trinajstić information content (AvgIpc) is 3.42. The van der Waals surface area contributed by atoms with Gasteiger partial charge >= 0.3 is 13.2 Å². The molecule has 0 aromatic heterocycles. The molecule has 3 amide bonds. The number of ether oxygens (including phenoxy) is 2. The van der Waals surface area contributed by atoms with Crippen molar-refractivity contribution in [3.63, 3.8) is 0 Å². The molecule has 1 heterocycles. The van der Waals surface area contributed by atoms with E-state index in [-0.39, 0.29) is 12.3 Å². The van der Waals surface area contributed by atoms with Crippen molar-refractivity contribution in [3.05, 3.63) is 35.9 Å². The van der Waals surface area contributed by atoms with Crippen molar-refractivity contribution in [2.75, 3.05) is 26.9 Å². The fourth-order valence-corrected chi connectivity index (χ4v) is 5.31. The minimum Gasteiger partial charge on any atom is -0.449 e. The molecule has 3 rings (SSSR count). The van der Waals surface area contributed by atoms with Crippen LogP contribution in [0.4, 0.5) is 4.79 Å². The smallest absolute Gasteiger partial charge is 0.449 e. The lowest BCUT2D eigenvalue weighted by atomic mass is 9.76. The largest absolute Gasteiger partial charge is 0.475 e. The van der Waals surface area contributed by atoms with Crippen LogP contribution in [0.1, 0.15) is 63.4 Å². The van der Waals surface area contributed by atoms with Crippen LogP contribution in [0.15, 0.2) is 30.3 Å². The Balaban J connectivity index is 1.66. The second-order valence-corrected chi connectivity index (χ2v) is 10.3. The third kappa shape index (κ3) is 9.29. The Morgan fingerprint density at radius 1 is 1.05 bits per heavy atom. The van der Waals surface area contributed by atoms with Crippen LogP contribution in [0.25, 0.3) is 0 Å². The number of hydrogen-bond acceptors (Lipinski definition) is 7. The Bertz CT molecular complexity index is 883. The number of amides is 3. The van der Waals surface area contributed by atoms with Crippen LogP contribution < -0.4 is 10.6 Å². The van der Waals surface area contributed by atoms with Crippen molar-refractivity contribution < 1.29 is 33.9 Å².